The zero-order valence-corrected chi connectivity index (χ0v) is 5.61. The lowest BCUT2D eigenvalue weighted by Crippen LogP contribution is -2.19. The summed E-state index contributed by atoms with van der Waals surface area (Å²) in [4.78, 5) is 0. The van der Waals surface area contributed by atoms with Gasteiger partial charge >= 0.3 is 0 Å². The second kappa shape index (κ2) is 2.66. The summed E-state index contributed by atoms with van der Waals surface area (Å²) in [6.07, 6.45) is 0.791. The van der Waals surface area contributed by atoms with Crippen molar-refractivity contribution in [3.63, 3.8) is 0 Å². The van der Waals surface area contributed by atoms with Crippen LogP contribution in [0.15, 0.2) is 0 Å². The van der Waals surface area contributed by atoms with Gasteiger partial charge in [0, 0.05) is 13.6 Å². The fourth-order valence-corrected chi connectivity index (χ4v) is 1.98. The van der Waals surface area contributed by atoms with Crippen LogP contribution in [0.3, 0.4) is 0 Å². The summed E-state index contributed by atoms with van der Waals surface area (Å²) in [7, 11) is -1.18. The van der Waals surface area contributed by atoms with E-state index >= 15 is 0 Å². The Morgan fingerprint density at radius 2 is 2.00 bits per heavy atom. The highest BCUT2D eigenvalue weighted by molar-refractivity contribution is 7.89. The molecule has 0 spiro atoms. The van der Waals surface area contributed by atoms with E-state index in [0.717, 1.165) is 6.42 Å². The van der Waals surface area contributed by atoms with Crippen molar-refractivity contribution in [3.8, 4) is 0 Å². The Morgan fingerprint density at radius 1 is 1.44 bits per heavy atom. The first-order chi connectivity index (χ1) is 3.63. The van der Waals surface area contributed by atoms with E-state index in [9.17, 15) is 8.42 Å². The van der Waals surface area contributed by atoms with Crippen LogP contribution in [-0.4, -0.2) is 32.1 Å². The maximum atomic E-state index is 10.7. The van der Waals surface area contributed by atoms with Gasteiger partial charge in [-0.05, 0) is 6.42 Å². The Labute approximate surface area is 56.7 Å². The van der Waals surface area contributed by atoms with E-state index in [2.05, 4.69) is 0 Å². The third kappa shape index (κ3) is 1.66. The highest BCUT2D eigenvalue weighted by Crippen LogP contribution is 2.08. The second-order valence-electron chi connectivity index (χ2n) is 1.99. The number of hydrogen-bond donors (Lipinski definition) is 0. The van der Waals surface area contributed by atoms with Gasteiger partial charge in [-0.15, -0.1) is 0 Å². The van der Waals surface area contributed by atoms with Crippen LogP contribution in [0.4, 0.5) is 0 Å². The van der Waals surface area contributed by atoms with Crippen LogP contribution >= 0.6 is 0 Å². The molecule has 0 bridgehead atoms. The normalized spacial score (nSPS) is 25.4. The Kier molecular flexibility index (Phi) is 2.64. The van der Waals surface area contributed by atoms with E-state index in [4.69, 9.17) is 0 Å². The van der Waals surface area contributed by atoms with Gasteiger partial charge in [-0.1, -0.05) is 7.43 Å². The van der Waals surface area contributed by atoms with Gasteiger partial charge in [0.1, 0.15) is 0 Å². The van der Waals surface area contributed by atoms with Crippen molar-refractivity contribution < 1.29 is 8.42 Å². The molecule has 1 fully saturated rings. The van der Waals surface area contributed by atoms with Gasteiger partial charge in [0.15, 0.2) is 0 Å². The zero-order valence-electron chi connectivity index (χ0n) is 4.79. The van der Waals surface area contributed by atoms with Gasteiger partial charge in [0.2, 0.25) is 10.0 Å². The molecular formula is C5H13NO2S. The monoisotopic (exact) mass is 151 g/mol. The molecule has 1 aliphatic heterocycles. The molecule has 0 atom stereocenters. The number of rotatable bonds is 0. The van der Waals surface area contributed by atoms with Crippen molar-refractivity contribution in [1.82, 2.24) is 4.31 Å². The van der Waals surface area contributed by atoms with E-state index in [0.29, 0.717) is 12.3 Å². The molecule has 0 aromatic heterocycles. The number of hydrogen-bond acceptors (Lipinski definition) is 2. The molecule has 9 heavy (non-hydrogen) atoms. The molecule has 1 heterocycles. The van der Waals surface area contributed by atoms with Gasteiger partial charge in [-0.25, -0.2) is 12.7 Å². The van der Waals surface area contributed by atoms with Crippen molar-refractivity contribution in [2.45, 2.75) is 13.8 Å². The van der Waals surface area contributed by atoms with Crippen molar-refractivity contribution in [2.75, 3.05) is 19.3 Å². The first-order valence-electron chi connectivity index (χ1n) is 2.57. The van der Waals surface area contributed by atoms with Crippen LogP contribution in [-0.2, 0) is 10.0 Å². The quantitative estimate of drug-likeness (QED) is 0.499. The van der Waals surface area contributed by atoms with Crippen molar-refractivity contribution in [3.05, 3.63) is 0 Å². The standard InChI is InChI=1S/C4H9NO2S.CH4/c1-5-3-2-4-8(5,6)7;/h2-4H2,1H3;1H4. The predicted molar refractivity (Wildman–Crippen MR) is 37.8 cm³/mol. The third-order valence-corrected chi connectivity index (χ3v) is 3.29. The highest BCUT2D eigenvalue weighted by Gasteiger charge is 2.23. The third-order valence-electron chi connectivity index (χ3n) is 1.35. The largest absolute Gasteiger partial charge is 0.213 e. The van der Waals surface area contributed by atoms with E-state index in [-0.39, 0.29) is 7.43 Å². The summed E-state index contributed by atoms with van der Waals surface area (Å²) in [5, 5.41) is 0. The molecule has 0 unspecified atom stereocenters. The average molecular weight is 151 g/mol. The van der Waals surface area contributed by atoms with Crippen molar-refractivity contribution in [2.24, 2.45) is 0 Å². The molecule has 0 saturated carbocycles. The molecule has 0 N–H and O–H groups in total. The Hall–Kier alpha value is -0.0900. The van der Waals surface area contributed by atoms with E-state index in [1.165, 1.54) is 4.31 Å². The number of sulfonamides is 1. The highest BCUT2D eigenvalue weighted by atomic mass is 32.2. The van der Waals surface area contributed by atoms with Crippen LogP contribution < -0.4 is 0 Å². The summed E-state index contributed by atoms with van der Waals surface area (Å²) in [6, 6.07) is 0. The lowest BCUT2D eigenvalue weighted by atomic mass is 10.5. The summed E-state index contributed by atoms with van der Waals surface area (Å²) in [5.74, 6) is 0.337. The molecule has 1 aliphatic rings. The molecule has 0 aromatic carbocycles. The molecule has 3 nitrogen and oxygen atoms in total. The van der Waals surface area contributed by atoms with Crippen LogP contribution in [0.1, 0.15) is 13.8 Å². The second-order valence-corrected chi connectivity index (χ2v) is 4.19. The Balaban J connectivity index is 0.000000640. The molecule has 0 amide bonds. The first-order valence-corrected chi connectivity index (χ1v) is 4.18. The van der Waals surface area contributed by atoms with Gasteiger partial charge in [0.25, 0.3) is 0 Å². The van der Waals surface area contributed by atoms with Crippen LogP contribution in [0.25, 0.3) is 0 Å². The minimum absolute atomic E-state index is 0. The molecule has 56 valence electrons. The Morgan fingerprint density at radius 3 is 2.11 bits per heavy atom. The smallest absolute Gasteiger partial charge is 0.212 e. The number of nitrogens with zero attached hydrogens (tertiary/aromatic N) is 1. The van der Waals surface area contributed by atoms with E-state index in [1.54, 1.807) is 7.05 Å². The summed E-state index contributed by atoms with van der Waals surface area (Å²) in [5.41, 5.74) is 0. The maximum absolute atomic E-state index is 10.7. The molecule has 1 rings (SSSR count). The zero-order chi connectivity index (χ0) is 6.20. The molecule has 0 aromatic rings. The van der Waals surface area contributed by atoms with E-state index in [1.807, 2.05) is 0 Å². The van der Waals surface area contributed by atoms with Crippen molar-refractivity contribution >= 4 is 10.0 Å². The fraction of sp³-hybridized carbons (Fsp3) is 1.00. The minimum atomic E-state index is -2.79. The van der Waals surface area contributed by atoms with Gasteiger partial charge in [0.05, 0.1) is 5.75 Å². The predicted octanol–water partition coefficient (Wildman–Crippen LogP) is 0.288. The lowest BCUT2D eigenvalue weighted by Gasteiger charge is -2.02. The van der Waals surface area contributed by atoms with Gasteiger partial charge in [-0.3, -0.25) is 0 Å². The molecule has 4 heteroatoms. The summed E-state index contributed by atoms with van der Waals surface area (Å²) >= 11 is 0. The van der Waals surface area contributed by atoms with Crippen LogP contribution in [0, 0.1) is 0 Å². The first kappa shape index (κ1) is 8.91. The molecule has 1 saturated heterocycles. The van der Waals surface area contributed by atoms with Gasteiger partial charge in [-0.2, -0.15) is 0 Å². The summed E-state index contributed by atoms with van der Waals surface area (Å²) in [6.45, 7) is 0.697. The molecule has 0 radical (unpaired) electrons. The van der Waals surface area contributed by atoms with E-state index < -0.39 is 10.0 Å². The SMILES string of the molecule is C.CN1CCCS1(=O)=O. The Bertz CT molecular complexity index is 173. The molecule has 0 aliphatic carbocycles. The topological polar surface area (TPSA) is 37.4 Å². The van der Waals surface area contributed by atoms with Crippen LogP contribution in [0.5, 0.6) is 0 Å². The fourth-order valence-electron chi connectivity index (χ4n) is 0.765. The van der Waals surface area contributed by atoms with Crippen molar-refractivity contribution in [1.29, 1.82) is 0 Å². The maximum Gasteiger partial charge on any atom is 0.213 e. The summed E-state index contributed by atoms with van der Waals surface area (Å²) < 4.78 is 22.8. The minimum Gasteiger partial charge on any atom is -0.212 e. The lowest BCUT2D eigenvalue weighted by molar-refractivity contribution is 0.507. The van der Waals surface area contributed by atoms with Gasteiger partial charge < -0.3 is 0 Å². The van der Waals surface area contributed by atoms with Crippen LogP contribution in [0.2, 0.25) is 0 Å². The average Bonchev–Trinajstić information content (AvgIpc) is 1.86. The molecular weight excluding hydrogens is 138 g/mol.